The van der Waals surface area contributed by atoms with Gasteiger partial charge in [0, 0.05) is 24.8 Å². The van der Waals surface area contributed by atoms with Crippen molar-refractivity contribution in [3.05, 3.63) is 29.3 Å². The Morgan fingerprint density at radius 2 is 1.89 bits per heavy atom. The maximum absolute atomic E-state index is 12.0. The summed E-state index contributed by atoms with van der Waals surface area (Å²) in [5, 5.41) is 3.63. The van der Waals surface area contributed by atoms with E-state index in [4.69, 9.17) is 16.3 Å². The minimum atomic E-state index is -3.23. The highest BCUT2D eigenvalue weighted by molar-refractivity contribution is 7.91. The molecule has 1 aromatic carbocycles. The van der Waals surface area contributed by atoms with Crippen molar-refractivity contribution in [3.63, 3.8) is 0 Å². The Bertz CT molecular complexity index is 459. The lowest BCUT2D eigenvalue weighted by Crippen LogP contribution is -2.24. The minimum Gasteiger partial charge on any atom is -0.382 e. The van der Waals surface area contributed by atoms with Crippen LogP contribution in [0, 0.1) is 0 Å². The number of halogens is 1. The SMILES string of the molecule is CCOCCCNCCS(=O)(=O)c1ccc(Cl)cc1. The molecule has 0 heterocycles. The van der Waals surface area contributed by atoms with Gasteiger partial charge in [0.1, 0.15) is 0 Å². The lowest BCUT2D eigenvalue weighted by Gasteiger charge is -2.06. The van der Waals surface area contributed by atoms with Crippen molar-refractivity contribution in [1.82, 2.24) is 5.32 Å². The van der Waals surface area contributed by atoms with Gasteiger partial charge in [-0.1, -0.05) is 11.6 Å². The lowest BCUT2D eigenvalue weighted by atomic mass is 10.4. The second-order valence-corrected chi connectivity index (χ2v) is 6.62. The van der Waals surface area contributed by atoms with E-state index in [0.29, 0.717) is 29.7 Å². The normalized spacial score (nSPS) is 11.7. The van der Waals surface area contributed by atoms with Crippen LogP contribution >= 0.6 is 11.6 Å². The van der Waals surface area contributed by atoms with Crippen molar-refractivity contribution in [2.45, 2.75) is 18.2 Å². The van der Waals surface area contributed by atoms with Crippen LogP contribution in [-0.2, 0) is 14.6 Å². The third-order valence-electron chi connectivity index (χ3n) is 2.57. The van der Waals surface area contributed by atoms with E-state index >= 15 is 0 Å². The highest BCUT2D eigenvalue weighted by Gasteiger charge is 2.13. The van der Waals surface area contributed by atoms with Gasteiger partial charge in [-0.05, 0) is 44.2 Å². The summed E-state index contributed by atoms with van der Waals surface area (Å²) in [5.74, 6) is 0.0866. The summed E-state index contributed by atoms with van der Waals surface area (Å²) < 4.78 is 29.1. The number of benzene rings is 1. The van der Waals surface area contributed by atoms with Crippen LogP contribution in [0.3, 0.4) is 0 Å². The van der Waals surface area contributed by atoms with Gasteiger partial charge in [-0.3, -0.25) is 0 Å². The first-order chi connectivity index (χ1) is 9.06. The van der Waals surface area contributed by atoms with Gasteiger partial charge in [0.25, 0.3) is 0 Å². The first-order valence-corrected chi connectivity index (χ1v) is 8.36. The van der Waals surface area contributed by atoms with Gasteiger partial charge < -0.3 is 10.1 Å². The average molecular weight is 306 g/mol. The van der Waals surface area contributed by atoms with Crippen molar-refractivity contribution in [2.24, 2.45) is 0 Å². The van der Waals surface area contributed by atoms with Gasteiger partial charge in [-0.15, -0.1) is 0 Å². The molecule has 108 valence electrons. The molecule has 1 N–H and O–H groups in total. The summed E-state index contributed by atoms with van der Waals surface area (Å²) in [6.07, 6.45) is 0.884. The molecule has 0 aliphatic carbocycles. The molecule has 1 rings (SSSR count). The highest BCUT2D eigenvalue weighted by Crippen LogP contribution is 2.14. The standard InChI is InChI=1S/C13H20ClNO3S/c1-2-18-10-3-8-15-9-11-19(16,17)13-6-4-12(14)5-7-13/h4-7,15H,2-3,8-11H2,1H3. The van der Waals surface area contributed by atoms with E-state index in [9.17, 15) is 8.42 Å². The molecular weight excluding hydrogens is 286 g/mol. The monoisotopic (exact) mass is 305 g/mol. The van der Waals surface area contributed by atoms with E-state index in [2.05, 4.69) is 5.32 Å². The molecule has 0 saturated heterocycles. The predicted molar refractivity (Wildman–Crippen MR) is 77.5 cm³/mol. The molecular formula is C13H20ClNO3S. The maximum Gasteiger partial charge on any atom is 0.179 e. The summed E-state index contributed by atoms with van der Waals surface area (Å²) in [4.78, 5) is 0.313. The number of sulfone groups is 1. The lowest BCUT2D eigenvalue weighted by molar-refractivity contribution is 0.145. The fourth-order valence-electron chi connectivity index (χ4n) is 1.53. The second-order valence-electron chi connectivity index (χ2n) is 4.07. The van der Waals surface area contributed by atoms with Crippen LogP contribution in [0.15, 0.2) is 29.2 Å². The van der Waals surface area contributed by atoms with Crippen LogP contribution in [0.2, 0.25) is 5.02 Å². The van der Waals surface area contributed by atoms with Crippen molar-refractivity contribution in [3.8, 4) is 0 Å². The predicted octanol–water partition coefficient (Wildman–Crippen LogP) is 2.13. The van der Waals surface area contributed by atoms with Crippen LogP contribution in [-0.4, -0.2) is 40.5 Å². The first-order valence-electron chi connectivity index (χ1n) is 6.33. The van der Waals surface area contributed by atoms with E-state index < -0.39 is 9.84 Å². The minimum absolute atomic E-state index is 0.0866. The summed E-state index contributed by atoms with van der Waals surface area (Å²) in [6, 6.07) is 6.24. The van der Waals surface area contributed by atoms with Crippen LogP contribution in [0.4, 0.5) is 0 Å². The van der Waals surface area contributed by atoms with E-state index in [1.807, 2.05) is 6.92 Å². The Hall–Kier alpha value is -0.620. The van der Waals surface area contributed by atoms with Crippen molar-refractivity contribution in [1.29, 1.82) is 0 Å². The number of nitrogens with one attached hydrogen (secondary N) is 1. The van der Waals surface area contributed by atoms with E-state index in [1.54, 1.807) is 12.1 Å². The highest BCUT2D eigenvalue weighted by atomic mass is 35.5. The zero-order valence-electron chi connectivity index (χ0n) is 11.1. The molecule has 0 saturated carbocycles. The topological polar surface area (TPSA) is 55.4 Å². The number of ether oxygens (including phenoxy) is 1. The Balaban J connectivity index is 2.29. The first kappa shape index (κ1) is 16.4. The van der Waals surface area contributed by atoms with Gasteiger partial charge in [-0.25, -0.2) is 8.42 Å². The molecule has 0 bridgehead atoms. The van der Waals surface area contributed by atoms with Gasteiger partial charge in [0.15, 0.2) is 9.84 Å². The van der Waals surface area contributed by atoms with Crippen LogP contribution < -0.4 is 5.32 Å². The number of hydrogen-bond donors (Lipinski definition) is 1. The van der Waals surface area contributed by atoms with Crippen molar-refractivity contribution in [2.75, 3.05) is 32.1 Å². The molecule has 0 aliphatic heterocycles. The Kier molecular flexibility index (Phi) is 7.38. The summed E-state index contributed by atoms with van der Waals surface area (Å²) in [6.45, 7) is 4.57. The molecule has 0 amide bonds. The molecule has 19 heavy (non-hydrogen) atoms. The zero-order chi connectivity index (χ0) is 14.1. The molecule has 0 radical (unpaired) electrons. The molecule has 6 heteroatoms. The van der Waals surface area contributed by atoms with E-state index in [-0.39, 0.29) is 5.75 Å². The van der Waals surface area contributed by atoms with Crippen molar-refractivity contribution < 1.29 is 13.2 Å². The quantitative estimate of drug-likeness (QED) is 0.710. The molecule has 4 nitrogen and oxygen atoms in total. The molecule has 0 unspecified atom stereocenters. The number of hydrogen-bond acceptors (Lipinski definition) is 4. The Labute approximate surface area is 120 Å². The third kappa shape index (κ3) is 6.38. The summed E-state index contributed by atoms with van der Waals surface area (Å²) >= 11 is 5.73. The van der Waals surface area contributed by atoms with Gasteiger partial charge in [-0.2, -0.15) is 0 Å². The van der Waals surface area contributed by atoms with Crippen LogP contribution in [0.25, 0.3) is 0 Å². The number of rotatable bonds is 9. The summed E-state index contributed by atoms with van der Waals surface area (Å²) in [5.41, 5.74) is 0. The molecule has 0 aromatic heterocycles. The van der Waals surface area contributed by atoms with Crippen LogP contribution in [0.5, 0.6) is 0 Å². The zero-order valence-corrected chi connectivity index (χ0v) is 12.6. The average Bonchev–Trinajstić information content (AvgIpc) is 2.38. The Morgan fingerprint density at radius 1 is 1.21 bits per heavy atom. The maximum atomic E-state index is 12.0. The second kappa shape index (κ2) is 8.53. The molecule has 0 aliphatic rings. The fourth-order valence-corrected chi connectivity index (χ4v) is 2.86. The van der Waals surface area contributed by atoms with Gasteiger partial charge in [0.05, 0.1) is 10.6 Å². The van der Waals surface area contributed by atoms with Crippen molar-refractivity contribution >= 4 is 21.4 Å². The van der Waals surface area contributed by atoms with E-state index in [1.165, 1.54) is 12.1 Å². The van der Waals surface area contributed by atoms with Gasteiger partial charge in [0.2, 0.25) is 0 Å². The fraction of sp³-hybridized carbons (Fsp3) is 0.538. The van der Waals surface area contributed by atoms with Gasteiger partial charge >= 0.3 is 0 Å². The molecule has 1 aromatic rings. The molecule has 0 atom stereocenters. The molecule has 0 spiro atoms. The van der Waals surface area contributed by atoms with E-state index in [0.717, 1.165) is 13.0 Å². The summed E-state index contributed by atoms with van der Waals surface area (Å²) in [7, 11) is -3.23. The Morgan fingerprint density at radius 3 is 2.53 bits per heavy atom. The third-order valence-corrected chi connectivity index (χ3v) is 4.55. The smallest absolute Gasteiger partial charge is 0.179 e. The molecule has 0 fully saturated rings. The van der Waals surface area contributed by atoms with Crippen LogP contribution in [0.1, 0.15) is 13.3 Å². The largest absolute Gasteiger partial charge is 0.382 e.